The lowest BCUT2D eigenvalue weighted by Gasteiger charge is -2.22. The highest BCUT2D eigenvalue weighted by atomic mass is 32.1. The molecule has 84 valence electrons. The van der Waals surface area contributed by atoms with E-state index in [1.54, 1.807) is 11.3 Å². The molecule has 4 nitrogen and oxygen atoms in total. The van der Waals surface area contributed by atoms with Crippen LogP contribution < -0.4 is 5.32 Å². The Labute approximate surface area is 98.1 Å². The molecule has 3 rings (SSSR count). The monoisotopic (exact) mass is 234 g/mol. The van der Waals surface area contributed by atoms with E-state index in [-0.39, 0.29) is 0 Å². The molecule has 1 atom stereocenters. The van der Waals surface area contributed by atoms with Gasteiger partial charge in [0.15, 0.2) is 0 Å². The molecule has 0 aromatic carbocycles. The maximum absolute atomic E-state index is 4.09. The van der Waals surface area contributed by atoms with Crippen LogP contribution in [0.2, 0.25) is 0 Å². The zero-order valence-corrected chi connectivity index (χ0v) is 9.76. The van der Waals surface area contributed by atoms with Crippen LogP contribution >= 0.6 is 11.3 Å². The molecular formula is C11H14N4S. The molecule has 0 spiro atoms. The van der Waals surface area contributed by atoms with Gasteiger partial charge in [0.05, 0.1) is 11.7 Å². The summed E-state index contributed by atoms with van der Waals surface area (Å²) in [5, 5.41) is 10.7. The number of thiazole rings is 1. The Morgan fingerprint density at radius 1 is 1.50 bits per heavy atom. The summed E-state index contributed by atoms with van der Waals surface area (Å²) in [5.74, 6) is 0. The number of H-pyrrole nitrogens is 1. The molecule has 0 bridgehead atoms. The Morgan fingerprint density at radius 3 is 3.38 bits per heavy atom. The molecule has 5 heteroatoms. The minimum Gasteiger partial charge on any atom is -0.309 e. The van der Waals surface area contributed by atoms with Crippen molar-refractivity contribution in [2.24, 2.45) is 0 Å². The van der Waals surface area contributed by atoms with E-state index < -0.39 is 0 Å². The van der Waals surface area contributed by atoms with Crippen molar-refractivity contribution in [2.75, 3.05) is 0 Å². The van der Waals surface area contributed by atoms with Gasteiger partial charge in [0.25, 0.3) is 0 Å². The maximum Gasteiger partial charge on any atom is 0.0794 e. The van der Waals surface area contributed by atoms with Crippen molar-refractivity contribution in [1.82, 2.24) is 20.5 Å². The van der Waals surface area contributed by atoms with Crippen molar-refractivity contribution in [2.45, 2.75) is 31.8 Å². The Balaban J connectivity index is 1.58. The number of nitrogens with one attached hydrogen (secondary N) is 2. The van der Waals surface area contributed by atoms with Gasteiger partial charge in [-0.05, 0) is 24.8 Å². The SMILES string of the molecule is c1ncc(CNC2CCc3[nH]ncc3C2)s1. The highest BCUT2D eigenvalue weighted by molar-refractivity contribution is 7.09. The van der Waals surface area contributed by atoms with Crippen molar-refractivity contribution in [3.05, 3.63) is 34.0 Å². The number of aromatic amines is 1. The number of rotatable bonds is 3. The van der Waals surface area contributed by atoms with Gasteiger partial charge in [-0.25, -0.2) is 0 Å². The summed E-state index contributed by atoms with van der Waals surface area (Å²) in [5.41, 5.74) is 4.57. The van der Waals surface area contributed by atoms with Crippen LogP contribution in [0, 0.1) is 0 Å². The molecule has 0 radical (unpaired) electrons. The van der Waals surface area contributed by atoms with Crippen LogP contribution in [0.25, 0.3) is 0 Å². The van der Waals surface area contributed by atoms with Gasteiger partial charge in [0.2, 0.25) is 0 Å². The summed E-state index contributed by atoms with van der Waals surface area (Å²) < 4.78 is 0. The van der Waals surface area contributed by atoms with E-state index >= 15 is 0 Å². The molecular weight excluding hydrogens is 220 g/mol. The van der Waals surface area contributed by atoms with E-state index in [1.807, 2.05) is 17.9 Å². The average Bonchev–Trinajstić information content (AvgIpc) is 2.97. The summed E-state index contributed by atoms with van der Waals surface area (Å²) in [7, 11) is 0. The zero-order valence-electron chi connectivity index (χ0n) is 8.94. The zero-order chi connectivity index (χ0) is 10.8. The number of aromatic nitrogens is 3. The summed E-state index contributed by atoms with van der Waals surface area (Å²) in [6, 6.07) is 0.576. The van der Waals surface area contributed by atoms with E-state index in [0.717, 1.165) is 19.4 Å². The highest BCUT2D eigenvalue weighted by Gasteiger charge is 2.19. The van der Waals surface area contributed by atoms with E-state index in [1.165, 1.54) is 22.6 Å². The molecule has 2 heterocycles. The Bertz CT molecular complexity index is 448. The fraction of sp³-hybridized carbons (Fsp3) is 0.455. The number of fused-ring (bicyclic) bond motifs is 1. The second-order valence-corrected chi connectivity index (χ2v) is 5.13. The van der Waals surface area contributed by atoms with Gasteiger partial charge in [-0.3, -0.25) is 10.1 Å². The quantitative estimate of drug-likeness (QED) is 0.846. The van der Waals surface area contributed by atoms with Gasteiger partial charge in [0.1, 0.15) is 0 Å². The average molecular weight is 234 g/mol. The third-order valence-corrected chi connectivity index (χ3v) is 3.84. The molecule has 1 aliphatic carbocycles. The smallest absolute Gasteiger partial charge is 0.0794 e. The molecule has 16 heavy (non-hydrogen) atoms. The minimum absolute atomic E-state index is 0.576. The predicted octanol–water partition coefficient (Wildman–Crippen LogP) is 1.51. The number of nitrogens with zero attached hydrogens (tertiary/aromatic N) is 2. The molecule has 0 saturated carbocycles. The first-order chi connectivity index (χ1) is 7.92. The minimum atomic E-state index is 0.576. The van der Waals surface area contributed by atoms with Gasteiger partial charge < -0.3 is 5.32 Å². The van der Waals surface area contributed by atoms with Crippen molar-refractivity contribution >= 4 is 11.3 Å². The van der Waals surface area contributed by atoms with Crippen molar-refractivity contribution in [3.63, 3.8) is 0 Å². The molecule has 2 N–H and O–H groups in total. The molecule has 1 unspecified atom stereocenters. The lowest BCUT2D eigenvalue weighted by Crippen LogP contribution is -2.33. The summed E-state index contributed by atoms with van der Waals surface area (Å²) >= 11 is 1.71. The van der Waals surface area contributed by atoms with Gasteiger partial charge in [-0.15, -0.1) is 11.3 Å². The first kappa shape index (κ1) is 9.99. The van der Waals surface area contributed by atoms with E-state index in [4.69, 9.17) is 0 Å². The molecule has 2 aromatic heterocycles. The largest absolute Gasteiger partial charge is 0.309 e. The third-order valence-electron chi connectivity index (χ3n) is 3.07. The van der Waals surface area contributed by atoms with Crippen LogP contribution in [-0.4, -0.2) is 21.2 Å². The lowest BCUT2D eigenvalue weighted by atomic mass is 9.93. The van der Waals surface area contributed by atoms with Crippen LogP contribution in [0.15, 0.2) is 17.9 Å². The molecule has 1 aliphatic rings. The van der Waals surface area contributed by atoms with Crippen LogP contribution in [-0.2, 0) is 19.4 Å². The van der Waals surface area contributed by atoms with Crippen molar-refractivity contribution in [3.8, 4) is 0 Å². The van der Waals surface area contributed by atoms with Gasteiger partial charge >= 0.3 is 0 Å². The second-order valence-electron chi connectivity index (χ2n) is 4.16. The van der Waals surface area contributed by atoms with E-state index in [0.29, 0.717) is 6.04 Å². The molecule has 0 saturated heterocycles. The highest BCUT2D eigenvalue weighted by Crippen LogP contribution is 2.19. The van der Waals surface area contributed by atoms with Crippen LogP contribution in [0.5, 0.6) is 0 Å². The predicted molar refractivity (Wildman–Crippen MR) is 63.4 cm³/mol. The standard InChI is InChI=1S/C11H14N4S/c1-2-11-8(4-14-15-11)3-9(1)13-6-10-5-12-7-16-10/h4-5,7,9,13H,1-3,6H2,(H,14,15). The molecule has 0 fully saturated rings. The number of hydrogen-bond acceptors (Lipinski definition) is 4. The Morgan fingerprint density at radius 2 is 2.50 bits per heavy atom. The van der Waals surface area contributed by atoms with E-state index in [9.17, 15) is 0 Å². The first-order valence-electron chi connectivity index (χ1n) is 5.53. The number of aryl methyl sites for hydroxylation is 1. The third kappa shape index (κ3) is 2.01. The fourth-order valence-corrected chi connectivity index (χ4v) is 2.71. The Kier molecular flexibility index (Phi) is 2.71. The van der Waals surface area contributed by atoms with Gasteiger partial charge in [-0.1, -0.05) is 0 Å². The van der Waals surface area contributed by atoms with Gasteiger partial charge in [-0.2, -0.15) is 5.10 Å². The normalized spacial score (nSPS) is 19.6. The van der Waals surface area contributed by atoms with Crippen LogP contribution in [0.3, 0.4) is 0 Å². The van der Waals surface area contributed by atoms with Crippen molar-refractivity contribution in [1.29, 1.82) is 0 Å². The van der Waals surface area contributed by atoms with E-state index in [2.05, 4.69) is 20.5 Å². The maximum atomic E-state index is 4.09. The fourth-order valence-electron chi connectivity index (χ4n) is 2.16. The molecule has 0 amide bonds. The number of hydrogen-bond donors (Lipinski definition) is 2. The molecule has 2 aromatic rings. The van der Waals surface area contributed by atoms with Crippen molar-refractivity contribution < 1.29 is 0 Å². The van der Waals surface area contributed by atoms with Gasteiger partial charge in [0, 0.05) is 29.4 Å². The topological polar surface area (TPSA) is 53.6 Å². The summed E-state index contributed by atoms with van der Waals surface area (Å²) in [6.45, 7) is 0.933. The Hall–Kier alpha value is -1.20. The molecule has 0 aliphatic heterocycles. The van der Waals surface area contributed by atoms with Crippen LogP contribution in [0.4, 0.5) is 0 Å². The summed E-state index contributed by atoms with van der Waals surface area (Å²) in [4.78, 5) is 5.38. The second kappa shape index (κ2) is 4.35. The van der Waals surface area contributed by atoms with Crippen LogP contribution in [0.1, 0.15) is 22.6 Å². The first-order valence-corrected chi connectivity index (χ1v) is 6.41. The summed E-state index contributed by atoms with van der Waals surface area (Å²) in [6.07, 6.45) is 7.27. The lowest BCUT2D eigenvalue weighted by molar-refractivity contribution is 0.457.